The van der Waals surface area contributed by atoms with E-state index in [-0.39, 0.29) is 11.2 Å². The van der Waals surface area contributed by atoms with Gasteiger partial charge in [-0.2, -0.15) is 0 Å². The maximum Gasteiger partial charge on any atom is 0.267 e. The molecule has 3 heterocycles. The molecule has 148 valence electrons. The summed E-state index contributed by atoms with van der Waals surface area (Å²) in [6, 6.07) is 7.61. The molecule has 1 aromatic carbocycles. The van der Waals surface area contributed by atoms with Crippen LogP contribution in [0.4, 0.5) is 0 Å². The average Bonchev–Trinajstić information content (AvgIpc) is 3.03. The van der Waals surface area contributed by atoms with Crippen molar-refractivity contribution in [3.8, 4) is 11.4 Å². The van der Waals surface area contributed by atoms with Crippen LogP contribution < -0.4 is 10.3 Å². The van der Waals surface area contributed by atoms with Crippen LogP contribution in [0, 0.1) is 0 Å². The molecule has 0 unspecified atom stereocenters. The summed E-state index contributed by atoms with van der Waals surface area (Å²) in [6.07, 6.45) is 1.72. The fourth-order valence-corrected chi connectivity index (χ4v) is 5.50. The van der Waals surface area contributed by atoms with Crippen molar-refractivity contribution in [3.63, 3.8) is 0 Å². The summed E-state index contributed by atoms with van der Waals surface area (Å²) in [7, 11) is 1.63. The van der Waals surface area contributed by atoms with Crippen LogP contribution in [0.2, 0.25) is 0 Å². The van der Waals surface area contributed by atoms with Gasteiger partial charge in [0.2, 0.25) is 0 Å². The number of para-hydroxylation sites is 2. The molecule has 0 bridgehead atoms. The predicted molar refractivity (Wildman–Crippen MR) is 115 cm³/mol. The molecular weight excluding hydrogens is 392 g/mol. The van der Waals surface area contributed by atoms with Gasteiger partial charge in [-0.15, -0.1) is 11.3 Å². The van der Waals surface area contributed by atoms with Crippen molar-refractivity contribution in [2.24, 2.45) is 0 Å². The molecule has 0 radical (unpaired) electrons. The van der Waals surface area contributed by atoms with Crippen LogP contribution in [-0.4, -0.2) is 28.0 Å². The second-order valence-corrected chi connectivity index (χ2v) is 9.61. The third-order valence-electron chi connectivity index (χ3n) is 4.84. The Balaban J connectivity index is 2.01. The molecule has 0 N–H and O–H groups in total. The lowest BCUT2D eigenvalue weighted by molar-refractivity contribution is -0.0379. The third kappa shape index (κ3) is 3.36. The topological polar surface area (TPSA) is 53.4 Å². The van der Waals surface area contributed by atoms with Gasteiger partial charge in [0.25, 0.3) is 5.56 Å². The number of aromatic nitrogens is 2. The molecule has 0 fully saturated rings. The minimum absolute atomic E-state index is 0.0247. The molecule has 0 saturated heterocycles. The number of methoxy groups -OCH3 is 1. The summed E-state index contributed by atoms with van der Waals surface area (Å²) < 4.78 is 13.2. The minimum Gasteiger partial charge on any atom is -0.495 e. The lowest BCUT2D eigenvalue weighted by Crippen LogP contribution is -2.32. The molecule has 0 spiro atoms. The molecule has 4 rings (SSSR count). The number of rotatable bonds is 5. The van der Waals surface area contributed by atoms with E-state index in [1.807, 2.05) is 24.3 Å². The number of nitrogens with zero attached hydrogens (tertiary/aromatic N) is 2. The molecule has 0 amide bonds. The number of ether oxygens (including phenoxy) is 2. The van der Waals surface area contributed by atoms with Gasteiger partial charge < -0.3 is 9.47 Å². The van der Waals surface area contributed by atoms with Gasteiger partial charge in [-0.1, -0.05) is 30.8 Å². The molecule has 0 atom stereocenters. The number of hydrogen-bond donors (Lipinski definition) is 0. The molecule has 0 saturated carbocycles. The molecule has 7 heteroatoms. The smallest absolute Gasteiger partial charge is 0.267 e. The van der Waals surface area contributed by atoms with Gasteiger partial charge in [-0.25, -0.2) is 4.98 Å². The Morgan fingerprint density at radius 2 is 2.14 bits per heavy atom. The standard InChI is InChI=1S/C21H24N2O3S2/c1-5-10-27-20-22-18-17(13-11-21(2,3)26-12-16(13)28-18)19(24)23(20)14-8-6-7-9-15(14)25-4/h6-9H,5,10-12H2,1-4H3. The summed E-state index contributed by atoms with van der Waals surface area (Å²) in [6.45, 7) is 6.80. The molecular formula is C21H24N2O3S2. The van der Waals surface area contributed by atoms with Gasteiger partial charge in [-0.05, 0) is 38.0 Å². The molecule has 28 heavy (non-hydrogen) atoms. The second-order valence-electron chi connectivity index (χ2n) is 7.46. The Hall–Kier alpha value is -1.83. The maximum atomic E-state index is 13.7. The zero-order valence-electron chi connectivity index (χ0n) is 16.6. The zero-order valence-corrected chi connectivity index (χ0v) is 18.2. The van der Waals surface area contributed by atoms with Crippen LogP contribution in [0.5, 0.6) is 5.75 Å². The summed E-state index contributed by atoms with van der Waals surface area (Å²) in [5.41, 5.74) is 1.51. The van der Waals surface area contributed by atoms with Crippen molar-refractivity contribution in [3.05, 3.63) is 45.1 Å². The monoisotopic (exact) mass is 416 g/mol. The first kappa shape index (κ1) is 19.5. The Morgan fingerprint density at radius 3 is 2.89 bits per heavy atom. The van der Waals surface area contributed by atoms with Crippen LogP contribution in [-0.2, 0) is 17.8 Å². The van der Waals surface area contributed by atoms with E-state index in [9.17, 15) is 4.79 Å². The molecule has 2 aromatic heterocycles. The lowest BCUT2D eigenvalue weighted by Gasteiger charge is -2.30. The largest absolute Gasteiger partial charge is 0.495 e. The van der Waals surface area contributed by atoms with E-state index in [1.165, 1.54) is 0 Å². The lowest BCUT2D eigenvalue weighted by atomic mass is 9.94. The Bertz CT molecular complexity index is 1090. The van der Waals surface area contributed by atoms with E-state index in [0.717, 1.165) is 38.5 Å². The number of fused-ring (bicyclic) bond motifs is 3. The van der Waals surface area contributed by atoms with E-state index in [0.29, 0.717) is 23.9 Å². The molecule has 0 aliphatic carbocycles. The zero-order chi connectivity index (χ0) is 19.9. The number of hydrogen-bond acceptors (Lipinski definition) is 6. The van der Waals surface area contributed by atoms with Crippen LogP contribution >= 0.6 is 23.1 Å². The van der Waals surface area contributed by atoms with Crippen LogP contribution in [0.25, 0.3) is 15.9 Å². The van der Waals surface area contributed by atoms with E-state index in [1.54, 1.807) is 34.8 Å². The van der Waals surface area contributed by atoms with Crippen LogP contribution in [0.15, 0.2) is 34.2 Å². The molecule has 1 aliphatic heterocycles. The van der Waals surface area contributed by atoms with E-state index in [4.69, 9.17) is 14.5 Å². The van der Waals surface area contributed by atoms with E-state index in [2.05, 4.69) is 20.8 Å². The quantitative estimate of drug-likeness (QED) is 0.441. The number of thioether (sulfide) groups is 1. The van der Waals surface area contributed by atoms with Crippen LogP contribution in [0.1, 0.15) is 37.6 Å². The number of benzene rings is 1. The first-order valence-electron chi connectivity index (χ1n) is 9.42. The van der Waals surface area contributed by atoms with Crippen molar-refractivity contribution < 1.29 is 9.47 Å². The van der Waals surface area contributed by atoms with Crippen molar-refractivity contribution >= 4 is 33.3 Å². The highest BCUT2D eigenvalue weighted by atomic mass is 32.2. The minimum atomic E-state index is -0.279. The number of thiophene rings is 1. The Labute approximate surface area is 172 Å². The van der Waals surface area contributed by atoms with E-state index < -0.39 is 0 Å². The van der Waals surface area contributed by atoms with Crippen LogP contribution in [0.3, 0.4) is 0 Å². The molecule has 3 aromatic rings. The normalized spacial score (nSPS) is 15.6. The summed E-state index contributed by atoms with van der Waals surface area (Å²) in [4.78, 5) is 20.6. The van der Waals surface area contributed by atoms with Gasteiger partial charge in [0.15, 0.2) is 5.16 Å². The van der Waals surface area contributed by atoms with Gasteiger partial charge in [0, 0.05) is 17.1 Å². The van der Waals surface area contributed by atoms with Gasteiger partial charge >= 0.3 is 0 Å². The SMILES string of the molecule is CCCSc1nc2sc3c(c2c(=O)n1-c1ccccc1OC)CC(C)(C)OC3. The summed E-state index contributed by atoms with van der Waals surface area (Å²) in [5, 5.41) is 1.44. The predicted octanol–water partition coefficient (Wildman–Crippen LogP) is 4.81. The fraction of sp³-hybridized carbons (Fsp3) is 0.429. The summed E-state index contributed by atoms with van der Waals surface area (Å²) in [5.74, 6) is 1.56. The Morgan fingerprint density at radius 1 is 1.36 bits per heavy atom. The highest BCUT2D eigenvalue weighted by molar-refractivity contribution is 7.99. The maximum absolute atomic E-state index is 13.7. The van der Waals surface area contributed by atoms with Crippen molar-refractivity contribution in [1.29, 1.82) is 0 Å². The average molecular weight is 417 g/mol. The fourth-order valence-electron chi connectivity index (χ4n) is 3.49. The first-order valence-corrected chi connectivity index (χ1v) is 11.2. The highest BCUT2D eigenvalue weighted by Gasteiger charge is 2.31. The van der Waals surface area contributed by atoms with Gasteiger partial charge in [0.05, 0.1) is 30.4 Å². The Kier molecular flexibility index (Phi) is 5.24. The third-order valence-corrected chi connectivity index (χ3v) is 7.08. The van der Waals surface area contributed by atoms with E-state index >= 15 is 0 Å². The summed E-state index contributed by atoms with van der Waals surface area (Å²) >= 11 is 3.19. The first-order chi connectivity index (χ1) is 13.4. The van der Waals surface area contributed by atoms with Crippen molar-refractivity contribution in [2.75, 3.05) is 12.9 Å². The van der Waals surface area contributed by atoms with Crippen molar-refractivity contribution in [2.45, 2.75) is 51.0 Å². The second kappa shape index (κ2) is 7.54. The molecule has 1 aliphatic rings. The molecule has 5 nitrogen and oxygen atoms in total. The highest BCUT2D eigenvalue weighted by Crippen LogP contribution is 2.38. The van der Waals surface area contributed by atoms with Gasteiger partial charge in [-0.3, -0.25) is 9.36 Å². The van der Waals surface area contributed by atoms with Gasteiger partial charge in [0.1, 0.15) is 10.6 Å². The van der Waals surface area contributed by atoms with Crippen molar-refractivity contribution in [1.82, 2.24) is 9.55 Å².